The molecule has 0 bridgehead atoms. The van der Waals surface area contributed by atoms with Crippen molar-refractivity contribution in [1.82, 2.24) is 10.2 Å². The fraction of sp³-hybridized carbons (Fsp3) is 0.632. The lowest BCUT2D eigenvalue weighted by atomic mass is 9.94. The van der Waals surface area contributed by atoms with Gasteiger partial charge in [-0.15, -0.1) is 0 Å². The number of nitrogens with zero attached hydrogens (tertiary/aromatic N) is 1. The van der Waals surface area contributed by atoms with E-state index in [2.05, 4.69) is 23.2 Å². The highest BCUT2D eigenvalue weighted by Gasteiger charge is 2.24. The number of methoxy groups -OCH3 is 1. The smallest absolute Gasteiger partial charge is 0.222 e. The summed E-state index contributed by atoms with van der Waals surface area (Å²) in [5, 5.41) is 3.23. The Morgan fingerprint density at radius 2 is 2.22 bits per heavy atom. The quantitative estimate of drug-likeness (QED) is 0.840. The molecule has 0 radical (unpaired) electrons. The highest BCUT2D eigenvalue weighted by Crippen LogP contribution is 2.23. The van der Waals surface area contributed by atoms with Crippen LogP contribution in [0.15, 0.2) is 24.3 Å². The second kappa shape index (κ2) is 8.92. The maximum absolute atomic E-state index is 12.6. The minimum atomic E-state index is 0.299. The summed E-state index contributed by atoms with van der Waals surface area (Å²) < 4.78 is 5.41. The number of ether oxygens (including phenoxy) is 1. The van der Waals surface area contributed by atoms with Gasteiger partial charge in [-0.25, -0.2) is 0 Å². The molecule has 1 aliphatic rings. The van der Waals surface area contributed by atoms with Crippen LogP contribution in [0.2, 0.25) is 0 Å². The molecule has 0 aliphatic carbocycles. The highest BCUT2D eigenvalue weighted by molar-refractivity contribution is 5.76. The lowest BCUT2D eigenvalue weighted by Gasteiger charge is -2.33. The van der Waals surface area contributed by atoms with Crippen LogP contribution in [0.4, 0.5) is 0 Å². The zero-order valence-corrected chi connectivity index (χ0v) is 14.7. The molecule has 2 unspecified atom stereocenters. The third-order valence-electron chi connectivity index (χ3n) is 4.65. The molecule has 1 aliphatic heterocycles. The van der Waals surface area contributed by atoms with Crippen molar-refractivity contribution in [2.24, 2.45) is 11.8 Å². The van der Waals surface area contributed by atoms with Gasteiger partial charge in [0.1, 0.15) is 5.75 Å². The molecular formula is C19H30N2O2. The number of carbonyl (C=O) groups is 1. The number of amides is 1. The molecule has 1 aromatic rings. The molecule has 1 aromatic carbocycles. The third-order valence-corrected chi connectivity index (χ3v) is 4.65. The molecule has 0 saturated carbocycles. The van der Waals surface area contributed by atoms with Crippen molar-refractivity contribution in [1.29, 1.82) is 0 Å². The normalized spacial score (nSPS) is 19.4. The van der Waals surface area contributed by atoms with Crippen LogP contribution < -0.4 is 10.1 Å². The van der Waals surface area contributed by atoms with E-state index in [-0.39, 0.29) is 0 Å². The van der Waals surface area contributed by atoms with Gasteiger partial charge in [-0.1, -0.05) is 25.1 Å². The van der Waals surface area contributed by atoms with Crippen molar-refractivity contribution in [3.8, 4) is 5.75 Å². The molecule has 4 heteroatoms. The van der Waals surface area contributed by atoms with Gasteiger partial charge in [0.05, 0.1) is 7.11 Å². The number of benzene rings is 1. The van der Waals surface area contributed by atoms with Crippen LogP contribution in [0, 0.1) is 11.8 Å². The molecule has 1 heterocycles. The van der Waals surface area contributed by atoms with Crippen molar-refractivity contribution < 1.29 is 9.53 Å². The summed E-state index contributed by atoms with van der Waals surface area (Å²) in [5.74, 6) is 2.14. The number of hydrogen-bond donors (Lipinski definition) is 1. The second-order valence-corrected chi connectivity index (χ2v) is 6.73. The first-order valence-corrected chi connectivity index (χ1v) is 8.68. The molecule has 2 atom stereocenters. The van der Waals surface area contributed by atoms with E-state index < -0.39 is 0 Å². The average molecular weight is 318 g/mol. The molecule has 1 N–H and O–H groups in total. The molecule has 23 heavy (non-hydrogen) atoms. The molecule has 1 saturated heterocycles. The fourth-order valence-corrected chi connectivity index (χ4v) is 3.49. The van der Waals surface area contributed by atoms with Crippen molar-refractivity contribution in [3.05, 3.63) is 29.8 Å². The van der Waals surface area contributed by atoms with Gasteiger partial charge in [0, 0.05) is 19.5 Å². The number of hydrogen-bond acceptors (Lipinski definition) is 3. The number of likely N-dealkylation sites (tertiary alicyclic amines) is 1. The summed E-state index contributed by atoms with van der Waals surface area (Å²) >= 11 is 0. The first-order valence-electron chi connectivity index (χ1n) is 8.68. The van der Waals surface area contributed by atoms with E-state index in [4.69, 9.17) is 4.74 Å². The number of rotatable bonds is 7. The van der Waals surface area contributed by atoms with E-state index in [0.717, 1.165) is 38.2 Å². The molecule has 128 valence electrons. The monoisotopic (exact) mass is 318 g/mol. The molecule has 1 fully saturated rings. The Morgan fingerprint density at radius 3 is 2.96 bits per heavy atom. The number of piperidine rings is 1. The summed E-state index contributed by atoms with van der Waals surface area (Å²) in [6.07, 6.45) is 3.84. The Morgan fingerprint density at radius 1 is 1.43 bits per heavy atom. The van der Waals surface area contributed by atoms with Gasteiger partial charge >= 0.3 is 0 Å². The van der Waals surface area contributed by atoms with Crippen LogP contribution in [0.25, 0.3) is 0 Å². The molecule has 2 rings (SSSR count). The third kappa shape index (κ3) is 5.24. The maximum Gasteiger partial charge on any atom is 0.222 e. The Labute approximate surface area is 140 Å². The van der Waals surface area contributed by atoms with Gasteiger partial charge in [-0.2, -0.15) is 0 Å². The van der Waals surface area contributed by atoms with Gasteiger partial charge in [0.2, 0.25) is 5.91 Å². The summed E-state index contributed by atoms with van der Waals surface area (Å²) in [6.45, 7) is 4.97. The first kappa shape index (κ1) is 17.8. The van der Waals surface area contributed by atoms with E-state index in [9.17, 15) is 4.79 Å². The molecular weight excluding hydrogens is 288 g/mol. The van der Waals surface area contributed by atoms with E-state index in [1.807, 2.05) is 25.2 Å². The van der Waals surface area contributed by atoms with Crippen LogP contribution in [-0.4, -0.2) is 44.6 Å². The van der Waals surface area contributed by atoms with Crippen molar-refractivity contribution in [2.45, 2.75) is 32.6 Å². The van der Waals surface area contributed by atoms with Crippen LogP contribution in [0.1, 0.15) is 31.7 Å². The lowest BCUT2D eigenvalue weighted by molar-refractivity contribution is -0.133. The molecule has 1 amide bonds. The predicted molar refractivity (Wildman–Crippen MR) is 93.7 cm³/mol. The van der Waals surface area contributed by atoms with Crippen molar-refractivity contribution in [2.75, 3.05) is 33.8 Å². The van der Waals surface area contributed by atoms with Crippen LogP contribution in [0.3, 0.4) is 0 Å². The molecule has 0 spiro atoms. The van der Waals surface area contributed by atoms with Gasteiger partial charge in [0.25, 0.3) is 0 Å². The largest absolute Gasteiger partial charge is 0.496 e. The summed E-state index contributed by atoms with van der Waals surface area (Å²) in [4.78, 5) is 14.6. The van der Waals surface area contributed by atoms with E-state index in [1.54, 1.807) is 7.11 Å². The Hall–Kier alpha value is -1.55. The van der Waals surface area contributed by atoms with E-state index in [0.29, 0.717) is 24.2 Å². The SMILES string of the molecule is CNCC1CCCN(C(=O)CC(C)Cc2ccccc2OC)C1. The minimum Gasteiger partial charge on any atom is -0.496 e. The lowest BCUT2D eigenvalue weighted by Crippen LogP contribution is -2.43. The zero-order chi connectivity index (χ0) is 16.7. The highest BCUT2D eigenvalue weighted by atomic mass is 16.5. The van der Waals surface area contributed by atoms with E-state index >= 15 is 0 Å². The second-order valence-electron chi connectivity index (χ2n) is 6.73. The van der Waals surface area contributed by atoms with Crippen LogP contribution in [-0.2, 0) is 11.2 Å². The molecule has 4 nitrogen and oxygen atoms in total. The minimum absolute atomic E-state index is 0.299. The Balaban J connectivity index is 1.86. The Kier molecular flexibility index (Phi) is 6.90. The van der Waals surface area contributed by atoms with Crippen molar-refractivity contribution >= 4 is 5.91 Å². The zero-order valence-electron chi connectivity index (χ0n) is 14.7. The van der Waals surface area contributed by atoms with Gasteiger partial charge < -0.3 is 15.0 Å². The van der Waals surface area contributed by atoms with Gasteiger partial charge in [-0.05, 0) is 56.3 Å². The topological polar surface area (TPSA) is 41.6 Å². The van der Waals surface area contributed by atoms with Gasteiger partial charge in [0.15, 0.2) is 0 Å². The predicted octanol–water partition coefficient (Wildman–Crippen LogP) is 2.72. The fourth-order valence-electron chi connectivity index (χ4n) is 3.49. The van der Waals surface area contributed by atoms with Gasteiger partial charge in [-0.3, -0.25) is 4.79 Å². The summed E-state index contributed by atoms with van der Waals surface area (Å²) in [7, 11) is 3.68. The number of nitrogens with one attached hydrogen (secondary N) is 1. The molecule has 0 aromatic heterocycles. The number of carbonyl (C=O) groups excluding carboxylic acids is 1. The van der Waals surface area contributed by atoms with Crippen molar-refractivity contribution in [3.63, 3.8) is 0 Å². The Bertz CT molecular complexity index is 502. The summed E-state index contributed by atoms with van der Waals surface area (Å²) in [6, 6.07) is 8.08. The summed E-state index contributed by atoms with van der Waals surface area (Å²) in [5.41, 5.74) is 1.18. The standard InChI is InChI=1S/C19H30N2O2/c1-15(11-17-8-4-5-9-18(17)23-3)12-19(22)21-10-6-7-16(14-21)13-20-2/h4-5,8-9,15-16,20H,6-7,10-14H2,1-3H3. The average Bonchev–Trinajstić information content (AvgIpc) is 2.56. The van der Waals surface area contributed by atoms with E-state index in [1.165, 1.54) is 12.0 Å². The van der Waals surface area contributed by atoms with Crippen LogP contribution >= 0.6 is 0 Å². The maximum atomic E-state index is 12.6. The van der Waals surface area contributed by atoms with Crippen LogP contribution in [0.5, 0.6) is 5.75 Å². The number of para-hydroxylation sites is 1. The first-order chi connectivity index (χ1) is 11.1.